The van der Waals surface area contributed by atoms with E-state index < -0.39 is 17.5 Å². The number of aliphatic hydroxyl groups excluding tert-OH is 1. The largest absolute Gasteiger partial charge is 0.478 e. The van der Waals surface area contributed by atoms with E-state index in [2.05, 4.69) is 0 Å². The van der Waals surface area contributed by atoms with Crippen LogP contribution in [0.1, 0.15) is 47.9 Å². The maximum Gasteiger partial charge on any atom is 0.335 e. The minimum atomic E-state index is -0.879. The molecule has 0 radical (unpaired) electrons. The van der Waals surface area contributed by atoms with Crippen molar-refractivity contribution in [1.29, 1.82) is 0 Å². The van der Waals surface area contributed by atoms with Crippen molar-refractivity contribution in [3.8, 4) is 0 Å². The lowest BCUT2D eigenvalue weighted by Gasteiger charge is -2.27. The summed E-state index contributed by atoms with van der Waals surface area (Å²) < 4.78 is 0. The summed E-state index contributed by atoms with van der Waals surface area (Å²) in [6.07, 6.45) is 0.689. The van der Waals surface area contributed by atoms with Gasteiger partial charge in [-0.15, -0.1) is 0 Å². The van der Waals surface area contributed by atoms with E-state index in [9.17, 15) is 14.7 Å². The smallest absolute Gasteiger partial charge is 0.335 e. The van der Waals surface area contributed by atoms with Crippen molar-refractivity contribution in [3.05, 3.63) is 71.8 Å². The molecule has 0 saturated carbocycles. The number of aromatic carboxylic acids is 2. The molecule has 2 aromatic carbocycles. The molecule has 6 heteroatoms. The summed E-state index contributed by atoms with van der Waals surface area (Å²) in [5.41, 5.74) is -0.0376. The van der Waals surface area contributed by atoms with Crippen LogP contribution < -0.4 is 0 Å². The molecular formula is C21H28O6. The van der Waals surface area contributed by atoms with E-state index >= 15 is 0 Å². The zero-order valence-electron chi connectivity index (χ0n) is 15.9. The summed E-state index contributed by atoms with van der Waals surface area (Å²) in [5.74, 6) is -1.78. The van der Waals surface area contributed by atoms with Crippen molar-refractivity contribution in [2.24, 2.45) is 5.92 Å². The van der Waals surface area contributed by atoms with Crippen LogP contribution in [-0.4, -0.2) is 44.6 Å². The molecule has 4 N–H and O–H groups in total. The van der Waals surface area contributed by atoms with Gasteiger partial charge in [-0.3, -0.25) is 0 Å². The first-order valence-corrected chi connectivity index (χ1v) is 8.55. The summed E-state index contributed by atoms with van der Waals surface area (Å²) in [7, 11) is 0. The molecule has 2 atom stereocenters. The van der Waals surface area contributed by atoms with E-state index in [1.807, 2.05) is 13.8 Å². The number of aliphatic hydroxyl groups is 2. The average Bonchev–Trinajstić information content (AvgIpc) is 2.69. The summed E-state index contributed by atoms with van der Waals surface area (Å²) >= 11 is 0. The Kier molecular flexibility index (Phi) is 11.4. The van der Waals surface area contributed by atoms with E-state index in [1.54, 1.807) is 67.6 Å². The van der Waals surface area contributed by atoms with Gasteiger partial charge in [0.1, 0.15) is 0 Å². The average molecular weight is 376 g/mol. The second-order valence-corrected chi connectivity index (χ2v) is 6.14. The highest BCUT2D eigenvalue weighted by molar-refractivity contribution is 5.87. The molecule has 0 amide bonds. The highest BCUT2D eigenvalue weighted by Crippen LogP contribution is 2.19. The number of hydrogen-bond acceptors (Lipinski definition) is 4. The molecule has 0 aliphatic heterocycles. The number of carboxylic acid groups (broad SMARTS) is 2. The summed E-state index contributed by atoms with van der Waals surface area (Å²) in [5, 5.41) is 34.8. The van der Waals surface area contributed by atoms with Gasteiger partial charge < -0.3 is 20.4 Å². The fourth-order valence-electron chi connectivity index (χ4n) is 1.71. The predicted molar refractivity (Wildman–Crippen MR) is 104 cm³/mol. The van der Waals surface area contributed by atoms with E-state index in [-0.39, 0.29) is 12.5 Å². The molecule has 148 valence electrons. The fourth-order valence-corrected chi connectivity index (χ4v) is 1.71. The molecule has 0 spiro atoms. The van der Waals surface area contributed by atoms with Crippen LogP contribution >= 0.6 is 0 Å². The van der Waals surface area contributed by atoms with Crippen molar-refractivity contribution >= 4 is 11.9 Å². The summed E-state index contributed by atoms with van der Waals surface area (Å²) in [6.45, 7) is 5.55. The molecule has 0 bridgehead atoms. The van der Waals surface area contributed by atoms with Gasteiger partial charge in [0.05, 0.1) is 16.7 Å². The number of carboxylic acids is 2. The molecule has 27 heavy (non-hydrogen) atoms. The molecule has 0 aliphatic carbocycles. The topological polar surface area (TPSA) is 115 Å². The molecule has 2 aromatic rings. The van der Waals surface area contributed by atoms with E-state index in [0.717, 1.165) is 0 Å². The third-order valence-corrected chi connectivity index (χ3v) is 4.09. The lowest BCUT2D eigenvalue weighted by atomic mass is 9.89. The van der Waals surface area contributed by atoms with Gasteiger partial charge in [0.2, 0.25) is 0 Å². The molecule has 0 aromatic heterocycles. The maximum atomic E-state index is 10.2. The standard InChI is InChI=1S/2C7H6O2.C7H16O2/c2*8-7(9)6-4-2-1-3-5-6;1-4-7(3,9)6(2)5-8/h2*1-5H,(H,8,9);6,8-9H,4-5H2,1-3H3. The Labute approximate surface area is 159 Å². The van der Waals surface area contributed by atoms with Gasteiger partial charge in [-0.05, 0) is 37.6 Å². The Hall–Kier alpha value is -2.70. The SMILES string of the molecule is CCC(C)(O)C(C)CO.O=C(O)c1ccccc1.O=C(O)c1ccccc1. The van der Waals surface area contributed by atoms with Crippen LogP contribution in [0.2, 0.25) is 0 Å². The Balaban J connectivity index is 0.000000376. The van der Waals surface area contributed by atoms with Gasteiger partial charge in [-0.2, -0.15) is 0 Å². The van der Waals surface area contributed by atoms with Crippen LogP contribution in [0.4, 0.5) is 0 Å². The van der Waals surface area contributed by atoms with Crippen LogP contribution in [0.25, 0.3) is 0 Å². The van der Waals surface area contributed by atoms with Crippen molar-refractivity contribution in [2.45, 2.75) is 32.8 Å². The molecule has 2 unspecified atom stereocenters. The van der Waals surface area contributed by atoms with Crippen molar-refractivity contribution in [2.75, 3.05) is 6.61 Å². The van der Waals surface area contributed by atoms with Crippen LogP contribution in [0.15, 0.2) is 60.7 Å². The quantitative estimate of drug-likeness (QED) is 0.634. The van der Waals surface area contributed by atoms with E-state index in [4.69, 9.17) is 15.3 Å². The first-order valence-electron chi connectivity index (χ1n) is 8.55. The normalized spacial score (nSPS) is 12.9. The van der Waals surface area contributed by atoms with Crippen LogP contribution in [0.5, 0.6) is 0 Å². The van der Waals surface area contributed by atoms with Crippen LogP contribution in [0.3, 0.4) is 0 Å². The molecule has 0 heterocycles. The zero-order chi connectivity index (χ0) is 20.9. The van der Waals surface area contributed by atoms with Gasteiger partial charge >= 0.3 is 11.9 Å². The predicted octanol–water partition coefficient (Wildman–Crippen LogP) is 3.55. The first-order chi connectivity index (χ1) is 12.7. The second kappa shape index (κ2) is 12.6. The lowest BCUT2D eigenvalue weighted by molar-refractivity contribution is -0.0191. The molecule has 0 saturated heterocycles. The summed E-state index contributed by atoms with van der Waals surface area (Å²) in [4.78, 5) is 20.4. The Morgan fingerprint density at radius 3 is 1.37 bits per heavy atom. The Morgan fingerprint density at radius 1 is 0.889 bits per heavy atom. The van der Waals surface area contributed by atoms with E-state index in [1.165, 1.54) is 0 Å². The summed E-state index contributed by atoms with van der Waals surface area (Å²) in [6, 6.07) is 16.6. The Bertz CT molecular complexity index is 618. The third kappa shape index (κ3) is 10.1. The zero-order valence-corrected chi connectivity index (χ0v) is 15.9. The monoisotopic (exact) mass is 376 g/mol. The van der Waals surface area contributed by atoms with Gasteiger partial charge in [0.15, 0.2) is 0 Å². The van der Waals surface area contributed by atoms with Gasteiger partial charge in [-0.25, -0.2) is 9.59 Å². The third-order valence-electron chi connectivity index (χ3n) is 4.09. The minimum Gasteiger partial charge on any atom is -0.478 e. The lowest BCUT2D eigenvalue weighted by Crippen LogP contribution is -2.33. The minimum absolute atomic E-state index is 0.0255. The number of rotatable bonds is 5. The van der Waals surface area contributed by atoms with Gasteiger partial charge in [0, 0.05) is 12.5 Å². The molecule has 0 fully saturated rings. The molecular weight excluding hydrogens is 348 g/mol. The number of benzene rings is 2. The van der Waals surface area contributed by atoms with Crippen LogP contribution in [0, 0.1) is 5.92 Å². The molecule has 0 aliphatic rings. The highest BCUT2D eigenvalue weighted by atomic mass is 16.4. The first kappa shape index (κ1) is 24.3. The fraction of sp³-hybridized carbons (Fsp3) is 0.333. The second-order valence-electron chi connectivity index (χ2n) is 6.14. The van der Waals surface area contributed by atoms with Crippen molar-refractivity contribution < 1.29 is 30.0 Å². The number of carbonyl (C=O) groups is 2. The van der Waals surface area contributed by atoms with Gasteiger partial charge in [-0.1, -0.05) is 50.2 Å². The van der Waals surface area contributed by atoms with Crippen molar-refractivity contribution in [3.63, 3.8) is 0 Å². The Morgan fingerprint density at radius 2 is 1.22 bits per heavy atom. The number of hydrogen-bond donors (Lipinski definition) is 4. The highest BCUT2D eigenvalue weighted by Gasteiger charge is 2.24. The van der Waals surface area contributed by atoms with Crippen molar-refractivity contribution in [1.82, 2.24) is 0 Å². The molecule has 2 rings (SSSR count). The maximum absolute atomic E-state index is 10.2. The van der Waals surface area contributed by atoms with Gasteiger partial charge in [0.25, 0.3) is 0 Å². The van der Waals surface area contributed by atoms with Crippen LogP contribution in [-0.2, 0) is 0 Å². The van der Waals surface area contributed by atoms with E-state index in [0.29, 0.717) is 17.5 Å². The molecule has 6 nitrogen and oxygen atoms in total.